The summed E-state index contributed by atoms with van der Waals surface area (Å²) in [6, 6.07) is 0. The van der Waals surface area contributed by atoms with E-state index in [-0.39, 0.29) is 5.82 Å². The third kappa shape index (κ3) is 24.6. The summed E-state index contributed by atoms with van der Waals surface area (Å²) in [5, 5.41) is 31.6. The van der Waals surface area contributed by atoms with Gasteiger partial charge in [-0.05, 0) is 12.6 Å². The first-order chi connectivity index (χ1) is 4.37. The minimum Gasteiger partial charge on any atom is -0.427 e. The average molecular weight is 148 g/mol. The van der Waals surface area contributed by atoms with Crippen molar-refractivity contribution >= 4 is 14.2 Å². The van der Waals surface area contributed by atoms with Crippen molar-refractivity contribution in [1.29, 1.82) is 0 Å². The highest BCUT2D eigenvalue weighted by Gasteiger charge is 2.10. The number of hydrogen-bond donors (Lipinski definition) is 4. The molecule has 4 N–H and O–H groups in total. The SMILES string of the molecule is CB(O)O.CC(C)B(O)O. The van der Waals surface area contributed by atoms with Crippen molar-refractivity contribution in [2.24, 2.45) is 0 Å². The van der Waals surface area contributed by atoms with Crippen molar-refractivity contribution in [3.8, 4) is 0 Å². The first kappa shape index (κ1) is 12.6. The van der Waals surface area contributed by atoms with Gasteiger partial charge in [0.15, 0.2) is 0 Å². The molecule has 0 aromatic rings. The maximum Gasteiger partial charge on any atom is 0.454 e. The molecule has 0 aliphatic rings. The Bertz CT molecular complexity index is 57.5. The van der Waals surface area contributed by atoms with Crippen LogP contribution in [0, 0.1) is 0 Å². The Balaban J connectivity index is 0. The molecule has 6 heteroatoms. The molecule has 0 fully saturated rings. The van der Waals surface area contributed by atoms with E-state index in [1.165, 1.54) is 6.82 Å². The fourth-order valence-electron chi connectivity index (χ4n) is 0. The lowest BCUT2D eigenvalue weighted by Gasteiger charge is -1.96. The first-order valence-electron chi connectivity index (χ1n) is 3.10. The Labute approximate surface area is 61.8 Å². The third-order valence-electron chi connectivity index (χ3n) is 0.596. The summed E-state index contributed by atoms with van der Waals surface area (Å²) in [4.78, 5) is 0. The molecule has 4 nitrogen and oxygen atoms in total. The molecule has 0 saturated heterocycles. The van der Waals surface area contributed by atoms with Crippen LogP contribution < -0.4 is 0 Å². The van der Waals surface area contributed by atoms with Gasteiger partial charge in [0.05, 0.1) is 0 Å². The minimum atomic E-state index is -1.17. The van der Waals surface area contributed by atoms with Crippen molar-refractivity contribution < 1.29 is 20.1 Å². The normalized spacial score (nSPS) is 8.40. The van der Waals surface area contributed by atoms with E-state index in [0.29, 0.717) is 0 Å². The Morgan fingerprint density at radius 1 is 1.00 bits per heavy atom. The maximum absolute atomic E-state index is 8.19. The number of rotatable bonds is 1. The molecule has 0 aliphatic carbocycles. The van der Waals surface area contributed by atoms with Crippen molar-refractivity contribution in [2.75, 3.05) is 0 Å². The Kier molecular flexibility index (Phi) is 8.94. The first-order valence-corrected chi connectivity index (χ1v) is 3.10. The molecule has 0 rings (SSSR count). The molecule has 0 saturated carbocycles. The van der Waals surface area contributed by atoms with Crippen LogP contribution in [-0.2, 0) is 0 Å². The van der Waals surface area contributed by atoms with Gasteiger partial charge < -0.3 is 20.1 Å². The van der Waals surface area contributed by atoms with E-state index >= 15 is 0 Å². The molecule has 0 amide bonds. The van der Waals surface area contributed by atoms with E-state index < -0.39 is 14.2 Å². The van der Waals surface area contributed by atoms with Crippen LogP contribution in [0.2, 0.25) is 12.6 Å². The van der Waals surface area contributed by atoms with Gasteiger partial charge in [-0.25, -0.2) is 0 Å². The quantitative estimate of drug-likeness (QED) is 0.358. The minimum absolute atomic E-state index is 0.0370. The standard InChI is InChI=1S/C3H9BO2.CH5BO2/c1-3(2)4(5)6;1-2(3)4/h3,5-6H,1-2H3;3-4H,1H3. The molecule has 0 aromatic heterocycles. The zero-order valence-electron chi connectivity index (χ0n) is 6.52. The summed E-state index contributed by atoms with van der Waals surface area (Å²) in [7, 11) is -2.31. The van der Waals surface area contributed by atoms with Crippen LogP contribution in [0.15, 0.2) is 0 Å². The molecule has 0 unspecified atom stereocenters. The van der Waals surface area contributed by atoms with Gasteiger partial charge in [0, 0.05) is 0 Å². The molecule has 0 aromatic carbocycles. The Hall–Kier alpha value is -0.0301. The van der Waals surface area contributed by atoms with Crippen LogP contribution in [0.25, 0.3) is 0 Å². The summed E-state index contributed by atoms with van der Waals surface area (Å²) < 4.78 is 0. The highest BCUT2D eigenvalue weighted by molar-refractivity contribution is 6.42. The van der Waals surface area contributed by atoms with Crippen LogP contribution in [0.4, 0.5) is 0 Å². The lowest BCUT2D eigenvalue weighted by Crippen LogP contribution is -2.14. The molecule has 10 heavy (non-hydrogen) atoms. The van der Waals surface area contributed by atoms with Gasteiger partial charge in [0.2, 0.25) is 0 Å². The average Bonchev–Trinajstić information content (AvgIpc) is 1.63. The molecule has 0 aliphatic heterocycles. The molecule has 0 radical (unpaired) electrons. The Morgan fingerprint density at radius 3 is 1.10 bits per heavy atom. The lowest BCUT2D eigenvalue weighted by atomic mass is 9.76. The maximum atomic E-state index is 8.19. The van der Waals surface area contributed by atoms with Crippen LogP contribution in [0.5, 0.6) is 0 Å². The lowest BCUT2D eigenvalue weighted by molar-refractivity contribution is 0.392. The zero-order valence-corrected chi connectivity index (χ0v) is 6.52. The van der Waals surface area contributed by atoms with E-state index in [9.17, 15) is 0 Å². The summed E-state index contributed by atoms with van der Waals surface area (Å²) in [5.74, 6) is -0.0370. The van der Waals surface area contributed by atoms with Crippen molar-refractivity contribution in [3.05, 3.63) is 0 Å². The largest absolute Gasteiger partial charge is 0.454 e. The number of hydrogen-bond acceptors (Lipinski definition) is 4. The van der Waals surface area contributed by atoms with Gasteiger partial charge >= 0.3 is 14.2 Å². The van der Waals surface area contributed by atoms with E-state index in [2.05, 4.69) is 0 Å². The molecule has 0 spiro atoms. The molecule has 0 heterocycles. The van der Waals surface area contributed by atoms with E-state index in [1.807, 2.05) is 0 Å². The molecular weight excluding hydrogens is 134 g/mol. The zero-order chi connectivity index (χ0) is 8.73. The topological polar surface area (TPSA) is 80.9 Å². The van der Waals surface area contributed by atoms with E-state index in [0.717, 1.165) is 0 Å². The van der Waals surface area contributed by atoms with Gasteiger partial charge in [0.1, 0.15) is 0 Å². The second-order valence-electron chi connectivity index (χ2n) is 2.29. The van der Waals surface area contributed by atoms with Crippen LogP contribution in [-0.4, -0.2) is 34.3 Å². The van der Waals surface area contributed by atoms with Gasteiger partial charge in [0.25, 0.3) is 0 Å². The monoisotopic (exact) mass is 148 g/mol. The summed E-state index contributed by atoms with van der Waals surface area (Å²) in [6.07, 6.45) is 0. The van der Waals surface area contributed by atoms with Crippen molar-refractivity contribution in [1.82, 2.24) is 0 Å². The molecule has 0 atom stereocenters. The molecule has 60 valence electrons. The second-order valence-corrected chi connectivity index (χ2v) is 2.29. The van der Waals surface area contributed by atoms with E-state index in [4.69, 9.17) is 20.1 Å². The van der Waals surface area contributed by atoms with Gasteiger partial charge in [-0.2, -0.15) is 0 Å². The fraction of sp³-hybridized carbons (Fsp3) is 1.00. The van der Waals surface area contributed by atoms with Crippen LogP contribution in [0.1, 0.15) is 13.8 Å². The van der Waals surface area contributed by atoms with Crippen molar-refractivity contribution in [3.63, 3.8) is 0 Å². The van der Waals surface area contributed by atoms with Crippen LogP contribution in [0.3, 0.4) is 0 Å². The van der Waals surface area contributed by atoms with Gasteiger partial charge in [-0.1, -0.05) is 13.8 Å². The predicted molar refractivity (Wildman–Crippen MR) is 41.3 cm³/mol. The smallest absolute Gasteiger partial charge is 0.427 e. The second kappa shape index (κ2) is 7.08. The molecular formula is C4H14B2O4. The highest BCUT2D eigenvalue weighted by atomic mass is 16.4. The summed E-state index contributed by atoms with van der Waals surface area (Å²) in [5.41, 5.74) is 0. The predicted octanol–water partition coefficient (Wildman–Crippen LogP) is -1.04. The van der Waals surface area contributed by atoms with Crippen LogP contribution >= 0.6 is 0 Å². The summed E-state index contributed by atoms with van der Waals surface area (Å²) in [6.45, 7) is 4.76. The van der Waals surface area contributed by atoms with Gasteiger partial charge in [-0.15, -0.1) is 0 Å². The summed E-state index contributed by atoms with van der Waals surface area (Å²) >= 11 is 0. The third-order valence-corrected chi connectivity index (χ3v) is 0.596. The fourth-order valence-corrected chi connectivity index (χ4v) is 0. The van der Waals surface area contributed by atoms with Gasteiger partial charge in [-0.3, -0.25) is 0 Å². The highest BCUT2D eigenvalue weighted by Crippen LogP contribution is 1.98. The van der Waals surface area contributed by atoms with E-state index in [1.54, 1.807) is 13.8 Å². The molecule has 0 bridgehead atoms. The van der Waals surface area contributed by atoms with Crippen molar-refractivity contribution in [2.45, 2.75) is 26.5 Å². The Morgan fingerprint density at radius 2 is 1.10 bits per heavy atom.